The maximum Gasteiger partial charge on any atom is 0.128 e. The molecular formula is C12H19IO2. The Bertz CT molecular complexity index is 236. The van der Waals surface area contributed by atoms with Crippen molar-refractivity contribution < 1.29 is 9.84 Å². The second-order valence-electron chi connectivity index (χ2n) is 4.62. The highest BCUT2D eigenvalue weighted by Gasteiger charge is 2.33. The molecule has 15 heavy (non-hydrogen) atoms. The van der Waals surface area contributed by atoms with Crippen molar-refractivity contribution in [1.82, 2.24) is 0 Å². The summed E-state index contributed by atoms with van der Waals surface area (Å²) in [6, 6.07) is 0. The SMILES string of the molecule is C#CC1(OCC(C)(O)CI)CCCCC1. The zero-order chi connectivity index (χ0) is 11.4. The summed E-state index contributed by atoms with van der Waals surface area (Å²) in [6.07, 6.45) is 10.9. The molecule has 0 heterocycles. The number of alkyl halides is 1. The Morgan fingerprint density at radius 3 is 2.53 bits per heavy atom. The molecule has 3 heteroatoms. The summed E-state index contributed by atoms with van der Waals surface area (Å²) in [6.45, 7) is 2.12. The molecule has 0 spiro atoms. The van der Waals surface area contributed by atoms with Gasteiger partial charge in [-0.3, -0.25) is 0 Å². The van der Waals surface area contributed by atoms with Gasteiger partial charge in [-0.2, -0.15) is 0 Å². The van der Waals surface area contributed by atoms with E-state index in [1.165, 1.54) is 6.42 Å². The van der Waals surface area contributed by atoms with E-state index in [1.54, 1.807) is 6.92 Å². The van der Waals surface area contributed by atoms with Crippen LogP contribution in [0.25, 0.3) is 0 Å². The average molecular weight is 322 g/mol. The van der Waals surface area contributed by atoms with Gasteiger partial charge in [0.25, 0.3) is 0 Å². The number of ether oxygens (including phenoxy) is 1. The molecule has 0 aromatic carbocycles. The Balaban J connectivity index is 2.50. The number of aliphatic hydroxyl groups is 1. The first kappa shape index (κ1) is 13.3. The van der Waals surface area contributed by atoms with Gasteiger partial charge in [0, 0.05) is 4.43 Å². The van der Waals surface area contributed by atoms with Gasteiger partial charge in [0.2, 0.25) is 0 Å². The third kappa shape index (κ3) is 3.93. The van der Waals surface area contributed by atoms with Crippen LogP contribution in [0.15, 0.2) is 0 Å². The minimum Gasteiger partial charge on any atom is -0.387 e. The van der Waals surface area contributed by atoms with E-state index in [1.807, 2.05) is 0 Å². The lowest BCUT2D eigenvalue weighted by molar-refractivity contribution is -0.0906. The normalized spacial score (nSPS) is 24.1. The lowest BCUT2D eigenvalue weighted by atomic mass is 9.85. The van der Waals surface area contributed by atoms with E-state index in [4.69, 9.17) is 11.2 Å². The van der Waals surface area contributed by atoms with Crippen molar-refractivity contribution in [3.05, 3.63) is 0 Å². The molecule has 0 aliphatic heterocycles. The zero-order valence-corrected chi connectivity index (χ0v) is 11.4. The van der Waals surface area contributed by atoms with E-state index in [2.05, 4.69) is 28.5 Å². The molecule has 2 nitrogen and oxygen atoms in total. The van der Waals surface area contributed by atoms with Gasteiger partial charge in [0.05, 0.1) is 12.2 Å². The second kappa shape index (κ2) is 5.51. The third-order valence-corrected chi connectivity index (χ3v) is 4.51. The van der Waals surface area contributed by atoms with Crippen LogP contribution in [0.4, 0.5) is 0 Å². The van der Waals surface area contributed by atoms with Gasteiger partial charge >= 0.3 is 0 Å². The Hall–Kier alpha value is 0.210. The van der Waals surface area contributed by atoms with Gasteiger partial charge in [0.1, 0.15) is 5.60 Å². The number of hydrogen-bond donors (Lipinski definition) is 1. The van der Waals surface area contributed by atoms with Crippen LogP contribution in [0.3, 0.4) is 0 Å². The first-order valence-corrected chi connectivity index (χ1v) is 6.96. The van der Waals surface area contributed by atoms with Crippen molar-refractivity contribution in [1.29, 1.82) is 0 Å². The molecule has 1 unspecified atom stereocenters. The summed E-state index contributed by atoms with van der Waals surface area (Å²) in [5.41, 5.74) is -1.17. The van der Waals surface area contributed by atoms with Crippen molar-refractivity contribution >= 4 is 22.6 Å². The van der Waals surface area contributed by atoms with E-state index < -0.39 is 11.2 Å². The van der Waals surface area contributed by atoms with E-state index in [9.17, 15) is 5.11 Å². The summed E-state index contributed by atoms with van der Waals surface area (Å²) in [5, 5.41) is 9.86. The summed E-state index contributed by atoms with van der Waals surface area (Å²) in [5.74, 6) is 2.78. The van der Waals surface area contributed by atoms with Crippen LogP contribution in [0, 0.1) is 12.3 Å². The van der Waals surface area contributed by atoms with Crippen LogP contribution < -0.4 is 0 Å². The smallest absolute Gasteiger partial charge is 0.128 e. The maximum atomic E-state index is 9.86. The summed E-state index contributed by atoms with van der Waals surface area (Å²) < 4.78 is 6.44. The van der Waals surface area contributed by atoms with Crippen LogP contribution in [-0.4, -0.2) is 27.3 Å². The van der Waals surface area contributed by atoms with Crippen LogP contribution in [0.2, 0.25) is 0 Å². The predicted octanol–water partition coefficient (Wildman–Crippen LogP) is 2.53. The summed E-state index contributed by atoms with van der Waals surface area (Å²) >= 11 is 2.16. The molecular weight excluding hydrogens is 303 g/mol. The number of rotatable bonds is 4. The zero-order valence-electron chi connectivity index (χ0n) is 9.26. The van der Waals surface area contributed by atoms with Crippen LogP contribution in [-0.2, 0) is 4.74 Å². The highest BCUT2D eigenvalue weighted by molar-refractivity contribution is 14.1. The van der Waals surface area contributed by atoms with E-state index in [-0.39, 0.29) is 0 Å². The van der Waals surface area contributed by atoms with Gasteiger partial charge < -0.3 is 9.84 Å². The molecule has 1 aliphatic rings. The average Bonchev–Trinajstić information content (AvgIpc) is 2.28. The number of terminal acetylenes is 1. The first-order valence-electron chi connectivity index (χ1n) is 5.44. The van der Waals surface area contributed by atoms with Crippen molar-refractivity contribution in [3.8, 4) is 12.3 Å². The predicted molar refractivity (Wildman–Crippen MR) is 70.1 cm³/mol. The molecule has 0 bridgehead atoms. The Labute approximate surface area is 106 Å². The summed E-state index contributed by atoms with van der Waals surface area (Å²) in [4.78, 5) is 0. The molecule has 1 atom stereocenters. The molecule has 1 fully saturated rings. The topological polar surface area (TPSA) is 29.5 Å². The molecule has 86 valence electrons. The molecule has 1 N–H and O–H groups in total. The Morgan fingerprint density at radius 1 is 1.47 bits per heavy atom. The van der Waals surface area contributed by atoms with Gasteiger partial charge in [-0.1, -0.05) is 34.9 Å². The third-order valence-electron chi connectivity index (χ3n) is 2.87. The van der Waals surface area contributed by atoms with E-state index in [0.717, 1.165) is 25.7 Å². The maximum absolute atomic E-state index is 9.86. The molecule has 1 aliphatic carbocycles. The molecule has 1 saturated carbocycles. The minimum atomic E-state index is -0.762. The fourth-order valence-electron chi connectivity index (χ4n) is 1.79. The number of hydrogen-bond acceptors (Lipinski definition) is 2. The highest BCUT2D eigenvalue weighted by atomic mass is 127. The molecule has 0 amide bonds. The standard InChI is InChI=1S/C12H19IO2/c1-3-12(7-5-4-6-8-12)15-10-11(2,14)9-13/h1,14H,4-10H2,2H3. The monoisotopic (exact) mass is 322 g/mol. The fraction of sp³-hybridized carbons (Fsp3) is 0.833. The lowest BCUT2D eigenvalue weighted by Gasteiger charge is -2.35. The van der Waals surface area contributed by atoms with Crippen molar-refractivity contribution in [2.45, 2.75) is 50.2 Å². The second-order valence-corrected chi connectivity index (χ2v) is 5.38. The van der Waals surface area contributed by atoms with Gasteiger partial charge in [-0.15, -0.1) is 6.42 Å². The van der Waals surface area contributed by atoms with Crippen LogP contribution >= 0.6 is 22.6 Å². The van der Waals surface area contributed by atoms with E-state index in [0.29, 0.717) is 11.0 Å². The molecule has 0 aromatic heterocycles. The number of halogens is 1. The summed E-state index contributed by atoms with van der Waals surface area (Å²) in [7, 11) is 0. The molecule has 0 radical (unpaired) electrons. The van der Waals surface area contributed by atoms with Gasteiger partial charge in [-0.25, -0.2) is 0 Å². The van der Waals surface area contributed by atoms with Crippen molar-refractivity contribution in [3.63, 3.8) is 0 Å². The first-order chi connectivity index (χ1) is 7.04. The quantitative estimate of drug-likeness (QED) is 0.490. The Kier molecular flexibility index (Phi) is 4.88. The highest BCUT2D eigenvalue weighted by Crippen LogP contribution is 2.31. The molecule has 0 aromatic rings. The van der Waals surface area contributed by atoms with Crippen molar-refractivity contribution in [2.24, 2.45) is 0 Å². The van der Waals surface area contributed by atoms with Gasteiger partial charge in [0.15, 0.2) is 0 Å². The largest absolute Gasteiger partial charge is 0.387 e. The van der Waals surface area contributed by atoms with E-state index >= 15 is 0 Å². The lowest BCUT2D eigenvalue weighted by Crippen LogP contribution is -2.41. The minimum absolute atomic E-state index is 0.333. The van der Waals surface area contributed by atoms with Crippen molar-refractivity contribution in [2.75, 3.05) is 11.0 Å². The Morgan fingerprint density at radius 2 is 2.07 bits per heavy atom. The van der Waals surface area contributed by atoms with Crippen LogP contribution in [0.1, 0.15) is 39.0 Å². The van der Waals surface area contributed by atoms with Gasteiger partial charge in [-0.05, 0) is 32.6 Å². The fourth-order valence-corrected chi connectivity index (χ4v) is 2.01. The molecule has 0 saturated heterocycles. The van der Waals surface area contributed by atoms with Crippen LogP contribution in [0.5, 0.6) is 0 Å². The molecule has 1 rings (SSSR count).